The van der Waals surface area contributed by atoms with Gasteiger partial charge in [-0.2, -0.15) is 0 Å². The van der Waals surface area contributed by atoms with Crippen LogP contribution in [0.2, 0.25) is 0 Å². The lowest BCUT2D eigenvalue weighted by Crippen LogP contribution is -2.52. The van der Waals surface area contributed by atoms with E-state index < -0.39 is 6.10 Å². The van der Waals surface area contributed by atoms with Crippen LogP contribution >= 0.6 is 0 Å². The molecule has 21 heavy (non-hydrogen) atoms. The van der Waals surface area contributed by atoms with Crippen molar-refractivity contribution in [2.75, 3.05) is 26.2 Å². The first kappa shape index (κ1) is 14.5. The summed E-state index contributed by atoms with van der Waals surface area (Å²) in [5, 5.41) is 10.2. The number of piperazine rings is 1. The Morgan fingerprint density at radius 2 is 1.67 bits per heavy atom. The topological polar surface area (TPSA) is 43.8 Å². The van der Waals surface area contributed by atoms with E-state index in [9.17, 15) is 9.90 Å². The van der Waals surface area contributed by atoms with Crippen LogP contribution in [0.3, 0.4) is 0 Å². The minimum absolute atomic E-state index is 0.160. The Balaban J connectivity index is 1.55. The van der Waals surface area contributed by atoms with Crippen LogP contribution in [-0.2, 0) is 4.79 Å². The summed E-state index contributed by atoms with van der Waals surface area (Å²) < 4.78 is 0. The van der Waals surface area contributed by atoms with Crippen LogP contribution in [0.25, 0.3) is 0 Å². The van der Waals surface area contributed by atoms with Crippen molar-refractivity contribution in [2.24, 2.45) is 0 Å². The predicted octanol–water partition coefficient (Wildman–Crippen LogP) is 1.81. The molecule has 4 heteroatoms. The maximum atomic E-state index is 12.4. The molecule has 1 heterocycles. The second-order valence-corrected chi connectivity index (χ2v) is 6.11. The Morgan fingerprint density at radius 1 is 1.05 bits per heavy atom. The third-order valence-corrected chi connectivity index (χ3v) is 4.82. The van der Waals surface area contributed by atoms with Crippen molar-refractivity contribution in [1.82, 2.24) is 9.80 Å². The monoisotopic (exact) mass is 288 g/mol. The molecule has 1 atom stereocenters. The van der Waals surface area contributed by atoms with E-state index in [4.69, 9.17) is 0 Å². The van der Waals surface area contributed by atoms with Crippen molar-refractivity contribution in [3.63, 3.8) is 0 Å². The lowest BCUT2D eigenvalue weighted by Gasteiger charge is -2.38. The van der Waals surface area contributed by atoms with Crippen LogP contribution in [0.15, 0.2) is 30.3 Å². The Bertz CT molecular complexity index is 463. The maximum absolute atomic E-state index is 12.4. The summed E-state index contributed by atoms with van der Waals surface area (Å²) >= 11 is 0. The molecule has 0 radical (unpaired) electrons. The SMILES string of the molecule is O=C(C(O)c1ccccc1)N1CCN(C2CCCC2)CC1. The average Bonchev–Trinajstić information content (AvgIpc) is 3.09. The minimum atomic E-state index is -1.02. The maximum Gasteiger partial charge on any atom is 0.256 e. The Morgan fingerprint density at radius 3 is 2.29 bits per heavy atom. The van der Waals surface area contributed by atoms with E-state index in [0.29, 0.717) is 5.56 Å². The van der Waals surface area contributed by atoms with Crippen molar-refractivity contribution in [3.8, 4) is 0 Å². The number of hydrogen-bond donors (Lipinski definition) is 1. The molecule has 1 saturated heterocycles. The number of nitrogens with zero attached hydrogens (tertiary/aromatic N) is 2. The van der Waals surface area contributed by atoms with Gasteiger partial charge in [0.25, 0.3) is 5.91 Å². The number of aliphatic hydroxyl groups excluding tert-OH is 1. The molecule has 0 spiro atoms. The number of carbonyl (C=O) groups is 1. The van der Waals surface area contributed by atoms with Gasteiger partial charge in [0.1, 0.15) is 0 Å². The molecule has 1 aliphatic carbocycles. The highest BCUT2D eigenvalue weighted by atomic mass is 16.3. The molecule has 2 fully saturated rings. The van der Waals surface area contributed by atoms with E-state index in [1.54, 1.807) is 12.1 Å². The number of carbonyl (C=O) groups excluding carboxylic acids is 1. The molecular formula is C17H24N2O2. The van der Waals surface area contributed by atoms with E-state index in [0.717, 1.165) is 32.2 Å². The van der Waals surface area contributed by atoms with Gasteiger partial charge in [-0.05, 0) is 18.4 Å². The molecule has 1 saturated carbocycles. The normalized spacial score (nSPS) is 22.4. The lowest BCUT2D eigenvalue weighted by molar-refractivity contribution is -0.142. The number of aliphatic hydroxyl groups is 1. The fourth-order valence-corrected chi connectivity index (χ4v) is 3.53. The molecule has 0 aromatic heterocycles. The van der Waals surface area contributed by atoms with Crippen LogP contribution in [0.4, 0.5) is 0 Å². The summed E-state index contributed by atoms with van der Waals surface area (Å²) in [7, 11) is 0. The highest BCUT2D eigenvalue weighted by Crippen LogP contribution is 2.25. The average molecular weight is 288 g/mol. The van der Waals surface area contributed by atoms with Crippen LogP contribution in [-0.4, -0.2) is 53.0 Å². The largest absolute Gasteiger partial charge is 0.378 e. The van der Waals surface area contributed by atoms with E-state index >= 15 is 0 Å². The van der Waals surface area contributed by atoms with Crippen LogP contribution in [0, 0.1) is 0 Å². The summed E-state index contributed by atoms with van der Waals surface area (Å²) in [5.41, 5.74) is 0.681. The predicted molar refractivity (Wildman–Crippen MR) is 81.8 cm³/mol. The van der Waals surface area contributed by atoms with Gasteiger partial charge in [-0.25, -0.2) is 0 Å². The number of amides is 1. The van der Waals surface area contributed by atoms with Gasteiger partial charge in [-0.15, -0.1) is 0 Å². The summed E-state index contributed by atoms with van der Waals surface area (Å²) in [6.45, 7) is 3.36. The fourth-order valence-electron chi connectivity index (χ4n) is 3.53. The van der Waals surface area contributed by atoms with Gasteiger partial charge >= 0.3 is 0 Å². The lowest BCUT2D eigenvalue weighted by atomic mass is 10.1. The van der Waals surface area contributed by atoms with Gasteiger partial charge in [-0.1, -0.05) is 43.2 Å². The zero-order chi connectivity index (χ0) is 14.7. The Labute approximate surface area is 126 Å². The zero-order valence-electron chi connectivity index (χ0n) is 12.4. The van der Waals surface area contributed by atoms with Crippen LogP contribution in [0.1, 0.15) is 37.4 Å². The van der Waals surface area contributed by atoms with E-state index in [1.165, 1.54) is 25.7 Å². The van der Waals surface area contributed by atoms with Gasteiger partial charge in [-0.3, -0.25) is 9.69 Å². The molecule has 1 unspecified atom stereocenters. The minimum Gasteiger partial charge on any atom is -0.378 e. The van der Waals surface area contributed by atoms with Crippen molar-refractivity contribution in [3.05, 3.63) is 35.9 Å². The Kier molecular flexibility index (Phi) is 4.56. The summed E-state index contributed by atoms with van der Waals surface area (Å²) in [6, 6.07) is 9.92. The molecule has 2 aliphatic rings. The molecule has 1 aliphatic heterocycles. The van der Waals surface area contributed by atoms with Crippen molar-refractivity contribution >= 4 is 5.91 Å². The first-order chi connectivity index (χ1) is 10.3. The van der Waals surface area contributed by atoms with Crippen molar-refractivity contribution in [2.45, 2.75) is 37.8 Å². The molecule has 0 bridgehead atoms. The van der Waals surface area contributed by atoms with Gasteiger partial charge in [0.15, 0.2) is 6.10 Å². The van der Waals surface area contributed by atoms with Crippen LogP contribution in [0.5, 0.6) is 0 Å². The highest BCUT2D eigenvalue weighted by Gasteiger charge is 2.30. The molecule has 1 aromatic rings. The van der Waals surface area contributed by atoms with Gasteiger partial charge in [0.2, 0.25) is 0 Å². The third-order valence-electron chi connectivity index (χ3n) is 4.82. The van der Waals surface area contributed by atoms with E-state index in [1.807, 2.05) is 23.1 Å². The van der Waals surface area contributed by atoms with Crippen molar-refractivity contribution in [1.29, 1.82) is 0 Å². The molecular weight excluding hydrogens is 264 g/mol. The molecule has 1 N–H and O–H groups in total. The van der Waals surface area contributed by atoms with Gasteiger partial charge in [0, 0.05) is 32.2 Å². The molecule has 3 rings (SSSR count). The summed E-state index contributed by atoms with van der Waals surface area (Å²) in [5.74, 6) is -0.160. The third kappa shape index (κ3) is 3.27. The second-order valence-electron chi connectivity index (χ2n) is 6.11. The number of hydrogen-bond acceptors (Lipinski definition) is 3. The number of benzene rings is 1. The zero-order valence-corrected chi connectivity index (χ0v) is 12.4. The summed E-state index contributed by atoms with van der Waals surface area (Å²) in [4.78, 5) is 16.7. The molecule has 114 valence electrons. The van der Waals surface area contributed by atoms with E-state index in [-0.39, 0.29) is 5.91 Å². The van der Waals surface area contributed by atoms with Gasteiger partial charge < -0.3 is 10.0 Å². The van der Waals surface area contributed by atoms with Crippen molar-refractivity contribution < 1.29 is 9.90 Å². The van der Waals surface area contributed by atoms with Crippen LogP contribution < -0.4 is 0 Å². The highest BCUT2D eigenvalue weighted by molar-refractivity contribution is 5.82. The fraction of sp³-hybridized carbons (Fsp3) is 0.588. The second kappa shape index (κ2) is 6.58. The standard InChI is InChI=1S/C17H24N2O2/c20-16(14-6-2-1-3-7-14)17(21)19-12-10-18(11-13-19)15-8-4-5-9-15/h1-3,6-7,15-16,20H,4-5,8-13H2. The first-order valence-corrected chi connectivity index (χ1v) is 8.01. The number of rotatable bonds is 3. The quantitative estimate of drug-likeness (QED) is 0.922. The molecule has 1 amide bonds. The Hall–Kier alpha value is -1.39. The molecule has 1 aromatic carbocycles. The smallest absolute Gasteiger partial charge is 0.256 e. The first-order valence-electron chi connectivity index (χ1n) is 8.01. The van der Waals surface area contributed by atoms with E-state index in [2.05, 4.69) is 4.90 Å². The van der Waals surface area contributed by atoms with Gasteiger partial charge in [0.05, 0.1) is 0 Å². The molecule has 4 nitrogen and oxygen atoms in total. The summed E-state index contributed by atoms with van der Waals surface area (Å²) in [6.07, 6.45) is 4.28.